The molecule has 0 aliphatic rings. The third kappa shape index (κ3) is 5.83. The highest BCUT2D eigenvalue weighted by Crippen LogP contribution is 2.25. The summed E-state index contributed by atoms with van der Waals surface area (Å²) in [5.74, 6) is 0.101. The standard InChI is InChI=1S/C24H25F2N5O5/c1-13-4-5-14(22-29-20(36-30-22)10-18(32)21(25)26)8-16(13)28-23(33)17-11-27-19-9-15(6-7-31(17)19)35-12-24(2,3)34/h4-9,11,18,21,32,34H,10,12H2,1-3H3,(H,28,33)/t18-/m0/s1. The number of alkyl halides is 2. The zero-order chi connectivity index (χ0) is 26.0. The fourth-order valence-electron chi connectivity index (χ4n) is 3.28. The molecule has 0 aliphatic heterocycles. The highest BCUT2D eigenvalue weighted by Gasteiger charge is 2.22. The number of pyridine rings is 1. The molecule has 0 fully saturated rings. The van der Waals surface area contributed by atoms with Crippen molar-refractivity contribution in [3.63, 3.8) is 0 Å². The molecule has 0 saturated carbocycles. The summed E-state index contributed by atoms with van der Waals surface area (Å²) < 4.78 is 37.3. The molecule has 36 heavy (non-hydrogen) atoms. The molecule has 0 radical (unpaired) electrons. The maximum atomic E-state index is 13.0. The molecule has 12 heteroatoms. The number of benzene rings is 1. The van der Waals surface area contributed by atoms with Crippen molar-refractivity contribution < 1.29 is 33.0 Å². The van der Waals surface area contributed by atoms with Crippen LogP contribution in [-0.2, 0) is 6.42 Å². The van der Waals surface area contributed by atoms with E-state index in [1.807, 2.05) is 0 Å². The molecule has 3 N–H and O–H groups in total. The lowest BCUT2D eigenvalue weighted by molar-refractivity contribution is -0.00754. The average molecular weight is 501 g/mol. The van der Waals surface area contributed by atoms with E-state index in [2.05, 4.69) is 20.4 Å². The first-order valence-electron chi connectivity index (χ1n) is 11.0. The van der Waals surface area contributed by atoms with E-state index in [-0.39, 0.29) is 24.0 Å². The van der Waals surface area contributed by atoms with Gasteiger partial charge in [-0.2, -0.15) is 4.98 Å². The number of amides is 1. The number of ether oxygens (including phenoxy) is 1. The summed E-state index contributed by atoms with van der Waals surface area (Å²) in [5.41, 5.74) is 1.52. The van der Waals surface area contributed by atoms with Gasteiger partial charge in [0.1, 0.15) is 29.8 Å². The number of nitrogens with zero attached hydrogens (tertiary/aromatic N) is 4. The van der Waals surface area contributed by atoms with Crippen LogP contribution in [0.15, 0.2) is 47.2 Å². The zero-order valence-electron chi connectivity index (χ0n) is 19.8. The van der Waals surface area contributed by atoms with Gasteiger partial charge < -0.3 is 24.8 Å². The quantitative estimate of drug-likeness (QED) is 0.318. The molecule has 0 unspecified atom stereocenters. The van der Waals surface area contributed by atoms with Crippen LogP contribution in [0.2, 0.25) is 0 Å². The minimum absolute atomic E-state index is 0.0987. The summed E-state index contributed by atoms with van der Waals surface area (Å²) >= 11 is 0. The van der Waals surface area contributed by atoms with Crippen LogP contribution in [0.4, 0.5) is 14.5 Å². The summed E-state index contributed by atoms with van der Waals surface area (Å²) in [7, 11) is 0. The lowest BCUT2D eigenvalue weighted by Crippen LogP contribution is -2.27. The second-order valence-corrected chi connectivity index (χ2v) is 8.94. The fourth-order valence-corrected chi connectivity index (χ4v) is 3.28. The Morgan fingerprint density at radius 1 is 1.28 bits per heavy atom. The number of hydrogen-bond donors (Lipinski definition) is 3. The van der Waals surface area contributed by atoms with Crippen LogP contribution in [0.3, 0.4) is 0 Å². The van der Waals surface area contributed by atoms with E-state index >= 15 is 0 Å². The summed E-state index contributed by atoms with van der Waals surface area (Å²) in [6.45, 7) is 5.17. The summed E-state index contributed by atoms with van der Waals surface area (Å²) in [4.78, 5) is 21.4. The van der Waals surface area contributed by atoms with Gasteiger partial charge in [-0.25, -0.2) is 13.8 Å². The van der Waals surface area contributed by atoms with E-state index in [1.54, 1.807) is 61.7 Å². The van der Waals surface area contributed by atoms with Crippen molar-refractivity contribution in [3.05, 3.63) is 59.9 Å². The number of aromatic nitrogens is 4. The molecule has 4 rings (SSSR count). The Hall–Kier alpha value is -3.90. The van der Waals surface area contributed by atoms with E-state index in [9.17, 15) is 23.8 Å². The minimum Gasteiger partial charge on any atom is -0.490 e. The Bertz CT molecular complexity index is 1380. The Balaban J connectivity index is 1.51. The first-order chi connectivity index (χ1) is 17.0. The van der Waals surface area contributed by atoms with E-state index in [0.29, 0.717) is 22.6 Å². The van der Waals surface area contributed by atoms with Crippen LogP contribution in [0.5, 0.6) is 5.75 Å². The third-order valence-electron chi connectivity index (χ3n) is 5.20. The number of hydrogen-bond acceptors (Lipinski definition) is 8. The van der Waals surface area contributed by atoms with Gasteiger partial charge in [-0.3, -0.25) is 9.20 Å². The van der Waals surface area contributed by atoms with Gasteiger partial charge in [-0.15, -0.1) is 0 Å². The van der Waals surface area contributed by atoms with Crippen molar-refractivity contribution in [2.45, 2.75) is 45.3 Å². The maximum absolute atomic E-state index is 13.0. The van der Waals surface area contributed by atoms with Crippen LogP contribution in [-0.4, -0.2) is 60.4 Å². The van der Waals surface area contributed by atoms with E-state index < -0.39 is 30.5 Å². The Morgan fingerprint density at radius 2 is 2.06 bits per heavy atom. The van der Waals surface area contributed by atoms with Gasteiger partial charge in [0.15, 0.2) is 0 Å². The second kappa shape index (κ2) is 9.99. The molecule has 4 aromatic rings. The zero-order valence-corrected chi connectivity index (χ0v) is 19.8. The summed E-state index contributed by atoms with van der Waals surface area (Å²) in [6, 6.07) is 8.41. The van der Waals surface area contributed by atoms with Gasteiger partial charge in [0.05, 0.1) is 18.2 Å². The molecule has 0 bridgehead atoms. The average Bonchev–Trinajstić information content (AvgIpc) is 3.45. The van der Waals surface area contributed by atoms with E-state index in [4.69, 9.17) is 9.26 Å². The van der Waals surface area contributed by atoms with Gasteiger partial charge in [0.2, 0.25) is 11.7 Å². The topological polar surface area (TPSA) is 135 Å². The molecular formula is C24H25F2N5O5. The number of fused-ring (bicyclic) bond motifs is 1. The first kappa shape index (κ1) is 25.2. The second-order valence-electron chi connectivity index (χ2n) is 8.94. The van der Waals surface area contributed by atoms with Gasteiger partial charge in [-0.1, -0.05) is 17.3 Å². The highest BCUT2D eigenvalue weighted by atomic mass is 19.3. The number of aliphatic hydroxyl groups is 2. The molecule has 0 spiro atoms. The number of halogens is 2. The van der Waals surface area contributed by atoms with Crippen molar-refractivity contribution >= 4 is 17.2 Å². The Labute approximate surface area is 204 Å². The van der Waals surface area contributed by atoms with Crippen LogP contribution < -0.4 is 10.1 Å². The van der Waals surface area contributed by atoms with Crippen molar-refractivity contribution in [1.82, 2.24) is 19.5 Å². The predicted molar refractivity (Wildman–Crippen MR) is 125 cm³/mol. The summed E-state index contributed by atoms with van der Waals surface area (Å²) in [6.07, 6.45) is -2.22. The molecule has 1 aromatic carbocycles. The largest absolute Gasteiger partial charge is 0.490 e. The number of nitrogens with one attached hydrogen (secondary N) is 1. The van der Waals surface area contributed by atoms with Gasteiger partial charge in [-0.05, 0) is 38.5 Å². The molecular weight excluding hydrogens is 476 g/mol. The number of imidazole rings is 1. The van der Waals surface area contributed by atoms with Crippen molar-refractivity contribution in [1.29, 1.82) is 0 Å². The maximum Gasteiger partial charge on any atom is 0.274 e. The first-order valence-corrected chi connectivity index (χ1v) is 11.0. The van der Waals surface area contributed by atoms with Gasteiger partial charge >= 0.3 is 0 Å². The highest BCUT2D eigenvalue weighted by molar-refractivity contribution is 6.04. The smallest absolute Gasteiger partial charge is 0.274 e. The molecule has 3 aromatic heterocycles. The molecule has 1 atom stereocenters. The van der Waals surface area contributed by atoms with E-state index in [1.165, 1.54) is 6.20 Å². The number of carbonyl (C=O) groups is 1. The minimum atomic E-state index is -2.92. The third-order valence-corrected chi connectivity index (χ3v) is 5.20. The van der Waals surface area contributed by atoms with Crippen molar-refractivity contribution in [2.24, 2.45) is 0 Å². The Kier molecular flexibility index (Phi) is 7.00. The molecule has 10 nitrogen and oxygen atoms in total. The number of carbonyl (C=O) groups excluding carboxylic acids is 1. The van der Waals surface area contributed by atoms with Crippen LogP contribution in [0.25, 0.3) is 17.0 Å². The van der Waals surface area contributed by atoms with Gasteiger partial charge in [0, 0.05) is 23.5 Å². The number of aryl methyl sites for hydroxylation is 1. The van der Waals surface area contributed by atoms with Crippen LogP contribution >= 0.6 is 0 Å². The number of anilines is 1. The van der Waals surface area contributed by atoms with Crippen LogP contribution in [0, 0.1) is 6.92 Å². The SMILES string of the molecule is Cc1ccc(-c2noc(C[C@H](O)C(F)F)n2)cc1NC(=O)c1cnc2cc(OCC(C)(C)O)ccn12. The van der Waals surface area contributed by atoms with Crippen molar-refractivity contribution in [3.8, 4) is 17.1 Å². The number of rotatable bonds is 9. The molecule has 1 amide bonds. The Morgan fingerprint density at radius 3 is 2.78 bits per heavy atom. The lowest BCUT2D eigenvalue weighted by atomic mass is 10.1. The van der Waals surface area contributed by atoms with Crippen LogP contribution in [0.1, 0.15) is 35.8 Å². The van der Waals surface area contributed by atoms with Crippen molar-refractivity contribution in [2.75, 3.05) is 11.9 Å². The molecule has 0 saturated heterocycles. The number of aliphatic hydroxyl groups excluding tert-OH is 1. The molecule has 0 aliphatic carbocycles. The van der Waals surface area contributed by atoms with Gasteiger partial charge in [0.25, 0.3) is 12.3 Å². The van der Waals surface area contributed by atoms with E-state index in [0.717, 1.165) is 5.56 Å². The lowest BCUT2D eigenvalue weighted by Gasteiger charge is -2.17. The molecule has 3 heterocycles. The summed E-state index contributed by atoms with van der Waals surface area (Å²) in [5, 5.41) is 25.8. The predicted octanol–water partition coefficient (Wildman–Crippen LogP) is 3.26. The fraction of sp³-hybridized carbons (Fsp3) is 0.333. The normalized spacial score (nSPS) is 12.8. The molecule has 190 valence electrons. The monoisotopic (exact) mass is 501 g/mol.